The lowest BCUT2D eigenvalue weighted by molar-refractivity contribution is 0.0391. The number of halogens is 2. The van der Waals surface area contributed by atoms with Crippen LogP contribution in [-0.4, -0.2) is 36.6 Å². The highest BCUT2D eigenvalue weighted by atomic mass is 19.1. The Hall–Kier alpha value is -3.68. The van der Waals surface area contributed by atoms with Gasteiger partial charge in [0.05, 0.1) is 23.0 Å². The van der Waals surface area contributed by atoms with Gasteiger partial charge in [-0.3, -0.25) is 9.48 Å². The van der Waals surface area contributed by atoms with E-state index >= 15 is 0 Å². The quantitative estimate of drug-likeness (QED) is 0.452. The van der Waals surface area contributed by atoms with Crippen LogP contribution in [0.1, 0.15) is 46.9 Å². The van der Waals surface area contributed by atoms with Crippen molar-refractivity contribution in [3.05, 3.63) is 77.2 Å². The number of carbonyl (C=O) groups excluding carboxylic acids is 1. The zero-order valence-electron chi connectivity index (χ0n) is 18.0. The first-order valence-corrected chi connectivity index (χ1v) is 11.1. The van der Waals surface area contributed by atoms with Crippen molar-refractivity contribution in [1.29, 1.82) is 0 Å². The molecule has 0 spiro atoms. The van der Waals surface area contributed by atoms with Gasteiger partial charge in [-0.05, 0) is 56.0 Å². The van der Waals surface area contributed by atoms with Crippen molar-refractivity contribution >= 4 is 16.9 Å². The molecule has 0 saturated carbocycles. The number of carbonyl (C=O) groups is 1. The average molecular weight is 445 g/mol. The van der Waals surface area contributed by atoms with E-state index in [1.165, 1.54) is 12.1 Å². The molecule has 33 heavy (non-hydrogen) atoms. The zero-order valence-corrected chi connectivity index (χ0v) is 18.0. The van der Waals surface area contributed by atoms with E-state index in [2.05, 4.69) is 9.97 Å². The number of benzene rings is 1. The van der Waals surface area contributed by atoms with Gasteiger partial charge in [-0.1, -0.05) is 0 Å². The molecule has 0 radical (unpaired) electrons. The third-order valence-electron chi connectivity index (χ3n) is 6.75. The minimum Gasteiger partial charge on any atom is -0.327 e. The third kappa shape index (κ3) is 3.20. The van der Waals surface area contributed by atoms with Crippen LogP contribution in [-0.2, 0) is 13.5 Å². The lowest BCUT2D eigenvalue weighted by Gasteiger charge is -2.45. The van der Waals surface area contributed by atoms with Crippen LogP contribution in [0.3, 0.4) is 0 Å². The second-order valence-electron chi connectivity index (χ2n) is 8.79. The number of fused-ring (bicyclic) bond motifs is 5. The smallest absolute Gasteiger partial charge is 0.256 e. The summed E-state index contributed by atoms with van der Waals surface area (Å²) in [4.78, 5) is 24.2. The summed E-state index contributed by atoms with van der Waals surface area (Å²) in [5.74, 6) is -1.31. The monoisotopic (exact) mass is 445 g/mol. The van der Waals surface area contributed by atoms with Gasteiger partial charge < -0.3 is 4.90 Å². The molecule has 0 unspecified atom stereocenters. The maximum atomic E-state index is 13.9. The van der Waals surface area contributed by atoms with Crippen LogP contribution in [0.25, 0.3) is 22.3 Å². The van der Waals surface area contributed by atoms with Crippen LogP contribution in [0.2, 0.25) is 0 Å². The van der Waals surface area contributed by atoms with Crippen LogP contribution in [0.15, 0.2) is 48.8 Å². The number of amides is 1. The maximum Gasteiger partial charge on any atom is 0.256 e. The van der Waals surface area contributed by atoms with Crippen molar-refractivity contribution in [2.24, 2.45) is 7.05 Å². The van der Waals surface area contributed by atoms with Crippen molar-refractivity contribution in [2.45, 2.75) is 37.8 Å². The molecule has 6 rings (SSSR count). The summed E-state index contributed by atoms with van der Waals surface area (Å²) >= 11 is 0. The number of hydrogen-bond donors (Lipinski definition) is 0. The van der Waals surface area contributed by atoms with Crippen LogP contribution in [0.5, 0.6) is 0 Å². The van der Waals surface area contributed by atoms with E-state index in [1.807, 2.05) is 23.1 Å². The molecule has 5 heterocycles. The first-order chi connectivity index (χ1) is 16.0. The highest BCUT2D eigenvalue weighted by molar-refractivity contribution is 5.97. The fraction of sp³-hybridized carbons (Fsp3) is 0.280. The molecule has 1 saturated heterocycles. The number of aromatic nitrogens is 4. The van der Waals surface area contributed by atoms with Gasteiger partial charge in [-0.2, -0.15) is 5.10 Å². The van der Waals surface area contributed by atoms with Gasteiger partial charge >= 0.3 is 0 Å². The van der Waals surface area contributed by atoms with E-state index in [9.17, 15) is 13.6 Å². The summed E-state index contributed by atoms with van der Waals surface area (Å²) in [6.07, 6.45) is 6.53. The van der Waals surface area contributed by atoms with Crippen LogP contribution >= 0.6 is 0 Å². The molecule has 0 aliphatic carbocycles. The zero-order chi connectivity index (χ0) is 22.7. The van der Waals surface area contributed by atoms with Crippen LogP contribution < -0.4 is 0 Å². The number of pyridine rings is 2. The van der Waals surface area contributed by atoms with Crippen molar-refractivity contribution < 1.29 is 13.6 Å². The second-order valence-corrected chi connectivity index (χ2v) is 8.79. The molecule has 3 aromatic heterocycles. The molecule has 2 atom stereocenters. The summed E-state index contributed by atoms with van der Waals surface area (Å²) in [6.45, 7) is 0. The molecular weight excluding hydrogens is 424 g/mol. The number of hydrogen-bond acceptors (Lipinski definition) is 4. The number of aryl methyl sites for hydroxylation is 1. The normalized spacial score (nSPS) is 19.5. The summed E-state index contributed by atoms with van der Waals surface area (Å²) in [5.41, 5.74) is 4.10. The number of nitrogens with zero attached hydrogens (tertiary/aromatic N) is 5. The molecule has 2 aliphatic rings. The Kier molecular flexibility index (Phi) is 4.50. The highest BCUT2D eigenvalue weighted by Gasteiger charge is 2.43. The molecule has 4 aromatic rings. The lowest BCUT2D eigenvalue weighted by atomic mass is 9.81. The van der Waals surface area contributed by atoms with E-state index in [4.69, 9.17) is 5.10 Å². The summed E-state index contributed by atoms with van der Waals surface area (Å²) < 4.78 is 29.6. The summed E-state index contributed by atoms with van der Waals surface area (Å²) in [7, 11) is 1.78. The minimum atomic E-state index is -0.619. The van der Waals surface area contributed by atoms with Gasteiger partial charge in [0.15, 0.2) is 5.65 Å². The molecule has 1 amide bonds. The van der Waals surface area contributed by atoms with Crippen molar-refractivity contribution in [3.63, 3.8) is 0 Å². The van der Waals surface area contributed by atoms with Gasteiger partial charge in [0.25, 0.3) is 5.91 Å². The molecule has 1 fully saturated rings. The SMILES string of the molecule is Cn1nc2c(c1-c1cc(F)cc(F)c1)C[C@H]1CCC[C@@H]2N1C(=O)c1cnc2ncccc2c1. The van der Waals surface area contributed by atoms with Crippen molar-refractivity contribution in [3.8, 4) is 11.3 Å². The Morgan fingerprint density at radius 3 is 2.73 bits per heavy atom. The number of piperidine rings is 1. The Morgan fingerprint density at radius 1 is 1.09 bits per heavy atom. The van der Waals surface area contributed by atoms with Crippen molar-refractivity contribution in [1.82, 2.24) is 24.6 Å². The third-order valence-corrected chi connectivity index (χ3v) is 6.75. The summed E-state index contributed by atoms with van der Waals surface area (Å²) in [6, 6.07) is 8.91. The largest absolute Gasteiger partial charge is 0.327 e. The Labute approximate surface area is 188 Å². The van der Waals surface area contributed by atoms with Gasteiger partial charge in [-0.15, -0.1) is 0 Å². The van der Waals surface area contributed by atoms with Crippen molar-refractivity contribution in [2.75, 3.05) is 0 Å². The molecule has 0 N–H and O–H groups in total. The molecule has 1 aromatic carbocycles. The predicted molar refractivity (Wildman–Crippen MR) is 118 cm³/mol. The van der Waals surface area contributed by atoms with E-state index in [0.29, 0.717) is 28.9 Å². The van der Waals surface area contributed by atoms with Gasteiger partial charge in [0.2, 0.25) is 0 Å². The first-order valence-electron chi connectivity index (χ1n) is 11.1. The molecule has 2 aliphatic heterocycles. The molecular formula is C25H21F2N5O. The predicted octanol–water partition coefficient (Wildman–Crippen LogP) is 4.60. The average Bonchev–Trinajstić information content (AvgIpc) is 3.13. The number of rotatable bonds is 2. The minimum absolute atomic E-state index is 0.00491. The molecule has 6 nitrogen and oxygen atoms in total. The Bertz CT molecular complexity index is 1400. The maximum absolute atomic E-state index is 13.9. The Morgan fingerprint density at radius 2 is 1.91 bits per heavy atom. The fourth-order valence-corrected chi connectivity index (χ4v) is 5.43. The van der Waals surface area contributed by atoms with E-state index in [-0.39, 0.29) is 18.0 Å². The van der Waals surface area contributed by atoms with Gasteiger partial charge in [0, 0.05) is 48.1 Å². The van der Waals surface area contributed by atoms with E-state index in [1.54, 1.807) is 24.1 Å². The lowest BCUT2D eigenvalue weighted by Crippen LogP contribution is -2.49. The van der Waals surface area contributed by atoms with Crippen LogP contribution in [0.4, 0.5) is 8.78 Å². The molecule has 2 bridgehead atoms. The molecule has 166 valence electrons. The second kappa shape index (κ2) is 7.43. The van der Waals surface area contributed by atoms with Gasteiger partial charge in [0.1, 0.15) is 11.6 Å². The van der Waals surface area contributed by atoms with Crippen LogP contribution in [0, 0.1) is 11.6 Å². The standard InChI is InChI=1S/C25H21F2N5O/c1-31-23(15-9-17(26)11-18(27)10-15)20-12-19-5-2-6-21(22(20)30-31)32(19)25(33)16-8-14-4-3-7-28-24(14)29-13-16/h3-4,7-11,13,19,21H,2,5-6,12H2,1H3/t19-,21+/m1/s1. The Balaban J connectivity index is 1.42. The highest BCUT2D eigenvalue weighted by Crippen LogP contribution is 2.45. The molecule has 8 heteroatoms. The van der Waals surface area contributed by atoms with Gasteiger partial charge in [-0.25, -0.2) is 18.7 Å². The topological polar surface area (TPSA) is 63.9 Å². The fourth-order valence-electron chi connectivity index (χ4n) is 5.43. The first kappa shape index (κ1) is 20.0. The van der Waals surface area contributed by atoms with E-state index < -0.39 is 11.6 Å². The van der Waals surface area contributed by atoms with E-state index in [0.717, 1.165) is 42.0 Å². The summed E-state index contributed by atoms with van der Waals surface area (Å²) in [5, 5.41) is 5.55.